The molecule has 12 heavy (non-hydrogen) atoms. The second-order valence-corrected chi connectivity index (χ2v) is 2.60. The van der Waals surface area contributed by atoms with Crippen molar-refractivity contribution in [3.8, 4) is 11.5 Å². The number of aryl methyl sites for hydroxylation is 1. The number of benzene rings is 1. The fourth-order valence-corrected chi connectivity index (χ4v) is 0.951. The third-order valence-electron chi connectivity index (χ3n) is 1.67. The van der Waals surface area contributed by atoms with Gasteiger partial charge in [0.05, 0.1) is 0 Å². The van der Waals surface area contributed by atoms with Gasteiger partial charge in [0.15, 0.2) is 0 Å². The third-order valence-corrected chi connectivity index (χ3v) is 1.67. The van der Waals surface area contributed by atoms with Crippen molar-refractivity contribution in [2.45, 2.75) is 13.5 Å². The molecule has 0 saturated carbocycles. The van der Waals surface area contributed by atoms with Crippen LogP contribution in [0.15, 0.2) is 12.1 Å². The highest BCUT2D eigenvalue weighted by atomic mass is 16.5. The average Bonchev–Trinajstić information content (AvgIpc) is 2.01. The lowest BCUT2D eigenvalue weighted by atomic mass is 10.1. The molecule has 0 amide bonds. The first kappa shape index (κ1) is 8.83. The molecule has 66 valence electrons. The minimum atomic E-state index is 0.0619. The molecule has 0 spiro atoms. The van der Waals surface area contributed by atoms with Crippen LogP contribution in [0.4, 0.5) is 0 Å². The van der Waals surface area contributed by atoms with Gasteiger partial charge in [-0.1, -0.05) is 0 Å². The standard InChI is InChI=1S/C8H11NO3/c1-5-2-8(11)6(4-9-12)3-7(5)10/h2-3,9-12H,4H2,1H3. The Morgan fingerprint density at radius 2 is 1.92 bits per heavy atom. The van der Waals surface area contributed by atoms with E-state index in [1.165, 1.54) is 12.1 Å². The predicted octanol–water partition coefficient (Wildman–Crippen LogP) is 0.885. The minimum absolute atomic E-state index is 0.0619. The zero-order valence-electron chi connectivity index (χ0n) is 6.70. The summed E-state index contributed by atoms with van der Waals surface area (Å²) >= 11 is 0. The van der Waals surface area contributed by atoms with E-state index >= 15 is 0 Å². The van der Waals surface area contributed by atoms with Crippen LogP contribution in [-0.4, -0.2) is 15.4 Å². The average molecular weight is 169 g/mol. The monoisotopic (exact) mass is 169 g/mol. The number of hydrogen-bond acceptors (Lipinski definition) is 4. The zero-order chi connectivity index (χ0) is 9.14. The lowest BCUT2D eigenvalue weighted by Gasteiger charge is -2.05. The molecule has 0 saturated heterocycles. The van der Waals surface area contributed by atoms with Crippen LogP contribution in [0.25, 0.3) is 0 Å². The van der Waals surface area contributed by atoms with Crippen LogP contribution < -0.4 is 5.48 Å². The fourth-order valence-electron chi connectivity index (χ4n) is 0.951. The number of nitrogens with one attached hydrogen (secondary N) is 1. The molecule has 0 fully saturated rings. The van der Waals surface area contributed by atoms with Crippen LogP contribution >= 0.6 is 0 Å². The van der Waals surface area contributed by atoms with Gasteiger partial charge >= 0.3 is 0 Å². The van der Waals surface area contributed by atoms with E-state index in [0.29, 0.717) is 11.1 Å². The normalized spacial score (nSPS) is 10.2. The second kappa shape index (κ2) is 3.42. The molecule has 0 aliphatic heterocycles. The van der Waals surface area contributed by atoms with Crippen molar-refractivity contribution in [2.75, 3.05) is 0 Å². The van der Waals surface area contributed by atoms with Gasteiger partial charge in [0.25, 0.3) is 0 Å². The highest BCUT2D eigenvalue weighted by Crippen LogP contribution is 2.25. The van der Waals surface area contributed by atoms with E-state index in [9.17, 15) is 10.2 Å². The van der Waals surface area contributed by atoms with Gasteiger partial charge in [0.2, 0.25) is 0 Å². The molecule has 4 heteroatoms. The summed E-state index contributed by atoms with van der Waals surface area (Å²) in [5, 5.41) is 26.9. The summed E-state index contributed by atoms with van der Waals surface area (Å²) in [5.41, 5.74) is 2.97. The summed E-state index contributed by atoms with van der Waals surface area (Å²) < 4.78 is 0. The first-order valence-corrected chi connectivity index (χ1v) is 3.53. The van der Waals surface area contributed by atoms with Gasteiger partial charge in [0.1, 0.15) is 11.5 Å². The Morgan fingerprint density at radius 1 is 1.25 bits per heavy atom. The van der Waals surface area contributed by atoms with Crippen LogP contribution in [0, 0.1) is 6.92 Å². The number of hydrogen-bond donors (Lipinski definition) is 4. The van der Waals surface area contributed by atoms with Crippen molar-refractivity contribution >= 4 is 0 Å². The summed E-state index contributed by atoms with van der Waals surface area (Å²) in [5.74, 6) is 0.171. The van der Waals surface area contributed by atoms with Crippen molar-refractivity contribution < 1.29 is 15.4 Å². The summed E-state index contributed by atoms with van der Waals surface area (Å²) in [7, 11) is 0. The Balaban J connectivity index is 3.05. The molecule has 0 heterocycles. The molecule has 0 radical (unpaired) electrons. The van der Waals surface area contributed by atoms with Gasteiger partial charge in [-0.15, -0.1) is 0 Å². The Labute approximate surface area is 70.0 Å². The molecule has 0 atom stereocenters. The molecular weight excluding hydrogens is 158 g/mol. The molecular formula is C8H11NO3. The van der Waals surface area contributed by atoms with E-state index in [0.717, 1.165) is 0 Å². The number of aromatic hydroxyl groups is 2. The Hall–Kier alpha value is -1.26. The molecule has 4 nitrogen and oxygen atoms in total. The van der Waals surface area contributed by atoms with E-state index in [1.807, 2.05) is 5.48 Å². The SMILES string of the molecule is Cc1cc(O)c(CNO)cc1O. The van der Waals surface area contributed by atoms with Crippen molar-refractivity contribution in [2.24, 2.45) is 0 Å². The number of hydroxylamine groups is 1. The molecule has 1 rings (SSSR count). The molecule has 0 aromatic heterocycles. The van der Waals surface area contributed by atoms with Gasteiger partial charge < -0.3 is 15.4 Å². The number of phenols is 2. The first-order chi connectivity index (χ1) is 5.65. The smallest absolute Gasteiger partial charge is 0.120 e. The van der Waals surface area contributed by atoms with E-state index in [4.69, 9.17) is 5.21 Å². The van der Waals surface area contributed by atoms with E-state index < -0.39 is 0 Å². The second-order valence-electron chi connectivity index (χ2n) is 2.60. The topological polar surface area (TPSA) is 72.7 Å². The van der Waals surface area contributed by atoms with Crippen LogP contribution in [-0.2, 0) is 6.54 Å². The lowest BCUT2D eigenvalue weighted by Crippen LogP contribution is -2.06. The Bertz CT molecular complexity index is 286. The van der Waals surface area contributed by atoms with E-state index in [2.05, 4.69) is 0 Å². The van der Waals surface area contributed by atoms with Gasteiger partial charge in [-0.05, 0) is 24.6 Å². The quantitative estimate of drug-likeness (QED) is 0.392. The van der Waals surface area contributed by atoms with Crippen molar-refractivity contribution in [1.29, 1.82) is 0 Å². The molecule has 0 bridgehead atoms. The maximum atomic E-state index is 9.28. The van der Waals surface area contributed by atoms with Crippen molar-refractivity contribution in [1.82, 2.24) is 5.48 Å². The molecule has 1 aromatic carbocycles. The molecule has 0 aliphatic rings. The molecule has 1 aromatic rings. The minimum Gasteiger partial charge on any atom is -0.508 e. The van der Waals surface area contributed by atoms with Gasteiger partial charge in [-0.25, -0.2) is 5.48 Å². The third kappa shape index (κ3) is 1.66. The van der Waals surface area contributed by atoms with Gasteiger partial charge in [0, 0.05) is 12.1 Å². The Kier molecular flexibility index (Phi) is 2.52. The van der Waals surface area contributed by atoms with Crippen LogP contribution in [0.1, 0.15) is 11.1 Å². The van der Waals surface area contributed by atoms with Crippen molar-refractivity contribution in [3.63, 3.8) is 0 Å². The van der Waals surface area contributed by atoms with E-state index in [-0.39, 0.29) is 18.0 Å². The van der Waals surface area contributed by atoms with E-state index in [1.54, 1.807) is 6.92 Å². The van der Waals surface area contributed by atoms with Crippen LogP contribution in [0.2, 0.25) is 0 Å². The maximum Gasteiger partial charge on any atom is 0.120 e. The van der Waals surface area contributed by atoms with Gasteiger partial charge in [-0.3, -0.25) is 0 Å². The largest absolute Gasteiger partial charge is 0.508 e. The van der Waals surface area contributed by atoms with Crippen LogP contribution in [0.5, 0.6) is 11.5 Å². The highest BCUT2D eigenvalue weighted by molar-refractivity contribution is 5.44. The summed E-state index contributed by atoms with van der Waals surface area (Å²) in [6, 6.07) is 2.86. The summed E-state index contributed by atoms with van der Waals surface area (Å²) in [6.45, 7) is 1.80. The number of phenolic OH excluding ortho intramolecular Hbond substituents is 2. The zero-order valence-corrected chi connectivity index (χ0v) is 6.70. The fraction of sp³-hybridized carbons (Fsp3) is 0.250. The molecule has 0 unspecified atom stereocenters. The summed E-state index contributed by atoms with van der Waals surface area (Å²) in [6.07, 6.45) is 0. The predicted molar refractivity (Wildman–Crippen MR) is 43.1 cm³/mol. The lowest BCUT2D eigenvalue weighted by molar-refractivity contribution is 0.160. The van der Waals surface area contributed by atoms with Crippen molar-refractivity contribution in [3.05, 3.63) is 23.3 Å². The Morgan fingerprint density at radius 3 is 2.50 bits per heavy atom. The van der Waals surface area contributed by atoms with Gasteiger partial charge in [-0.2, -0.15) is 0 Å². The highest BCUT2D eigenvalue weighted by Gasteiger charge is 2.04. The number of rotatable bonds is 2. The first-order valence-electron chi connectivity index (χ1n) is 3.53. The molecule has 4 N–H and O–H groups in total. The summed E-state index contributed by atoms with van der Waals surface area (Å²) in [4.78, 5) is 0. The van der Waals surface area contributed by atoms with Crippen LogP contribution in [0.3, 0.4) is 0 Å². The molecule has 0 aliphatic carbocycles. The maximum absolute atomic E-state index is 9.28.